The molecule has 6 heteroatoms. The maximum atomic E-state index is 7.45. The van der Waals surface area contributed by atoms with E-state index in [9.17, 15) is 0 Å². The predicted molar refractivity (Wildman–Crippen MR) is 92.7 cm³/mol. The summed E-state index contributed by atoms with van der Waals surface area (Å²) in [6, 6.07) is 7.39. The zero-order valence-electron chi connectivity index (χ0n) is 13.7. The number of rotatable bonds is 6. The third-order valence-corrected chi connectivity index (χ3v) is 3.53. The summed E-state index contributed by atoms with van der Waals surface area (Å²) in [6.45, 7) is 4.05. The van der Waals surface area contributed by atoms with Gasteiger partial charge >= 0.3 is 0 Å². The number of aromatic amines is 1. The Labute approximate surface area is 140 Å². The molecule has 0 aliphatic rings. The molecule has 0 fully saturated rings. The number of nitrogens with one attached hydrogen (secondary N) is 2. The molecule has 0 amide bonds. The second kappa shape index (κ2) is 7.04. The Balaban J connectivity index is 1.97. The average Bonchev–Trinajstić information content (AvgIpc) is 3.03. The van der Waals surface area contributed by atoms with Gasteiger partial charge < -0.3 is 10.1 Å². The number of ether oxygens (including phenoxy) is 1. The molecule has 3 aromatic rings. The Kier molecular flexibility index (Phi) is 4.65. The van der Waals surface area contributed by atoms with Crippen LogP contribution in [0.4, 0.5) is 0 Å². The van der Waals surface area contributed by atoms with Crippen LogP contribution in [-0.4, -0.2) is 26.4 Å². The average molecular weight is 321 g/mol. The number of hydrogen-bond donors (Lipinski definition) is 2. The van der Waals surface area contributed by atoms with Gasteiger partial charge in [-0.3, -0.25) is 0 Å². The van der Waals surface area contributed by atoms with E-state index in [4.69, 9.17) is 10.1 Å². The molecule has 122 valence electrons. The van der Waals surface area contributed by atoms with E-state index in [1.165, 1.54) is 6.21 Å². The maximum Gasteiger partial charge on any atom is 0.215 e. The second-order valence-corrected chi connectivity index (χ2v) is 5.56. The van der Waals surface area contributed by atoms with Crippen LogP contribution >= 0.6 is 0 Å². The van der Waals surface area contributed by atoms with Crippen molar-refractivity contribution in [3.63, 3.8) is 0 Å². The molecule has 2 aromatic heterocycles. The topological polar surface area (TPSA) is 87.5 Å². The lowest BCUT2D eigenvalue weighted by Crippen LogP contribution is -1.95. The van der Waals surface area contributed by atoms with Gasteiger partial charge in [-0.25, -0.2) is 15.1 Å². The molecule has 1 aromatic carbocycles. The zero-order chi connectivity index (χ0) is 16.9. The van der Waals surface area contributed by atoms with Crippen LogP contribution < -0.4 is 4.74 Å². The number of hydrogen-bond acceptors (Lipinski definition) is 5. The van der Waals surface area contributed by atoms with E-state index in [0.717, 1.165) is 35.2 Å². The van der Waals surface area contributed by atoms with E-state index in [0.29, 0.717) is 17.5 Å². The lowest BCUT2D eigenvalue weighted by Gasteiger charge is -2.10. The van der Waals surface area contributed by atoms with Crippen LogP contribution in [0.1, 0.15) is 30.2 Å². The fourth-order valence-electron chi connectivity index (χ4n) is 2.33. The Hall–Kier alpha value is -3.02. The summed E-state index contributed by atoms with van der Waals surface area (Å²) in [5.41, 5.74) is 3.47. The van der Waals surface area contributed by atoms with Crippen LogP contribution in [-0.2, 0) is 6.42 Å². The van der Waals surface area contributed by atoms with Crippen LogP contribution in [0.25, 0.3) is 11.4 Å². The van der Waals surface area contributed by atoms with Gasteiger partial charge in [-0.05, 0) is 36.6 Å². The first-order chi connectivity index (χ1) is 11.7. The molecular formula is C18H19N5O. The Morgan fingerprint density at radius 1 is 1.21 bits per heavy atom. The molecule has 0 radical (unpaired) electrons. The summed E-state index contributed by atoms with van der Waals surface area (Å²) in [5.74, 6) is 1.74. The molecule has 3 rings (SSSR count). The molecule has 0 saturated carbocycles. The van der Waals surface area contributed by atoms with E-state index in [2.05, 4.69) is 27.1 Å². The van der Waals surface area contributed by atoms with E-state index in [-0.39, 0.29) is 0 Å². The molecular weight excluding hydrogens is 302 g/mol. The summed E-state index contributed by atoms with van der Waals surface area (Å²) in [5, 5.41) is 14.6. The molecule has 0 aliphatic heterocycles. The SMILES string of the molecule is CCCc1cc(Oc2cc(C=N)ccc2-c2ncc(C)cn2)[nH]n1. The normalized spacial score (nSPS) is 10.6. The highest BCUT2D eigenvalue weighted by atomic mass is 16.5. The van der Waals surface area contributed by atoms with Crippen molar-refractivity contribution in [1.29, 1.82) is 5.41 Å². The summed E-state index contributed by atoms with van der Waals surface area (Å²) >= 11 is 0. The number of aryl methyl sites for hydroxylation is 2. The standard InChI is InChI=1S/C18H19N5O/c1-3-4-14-8-17(23-22-14)24-16-7-13(9-19)5-6-15(16)18-20-10-12(2)11-21-18/h5-11,19H,3-4H2,1-2H3,(H,22,23). The Morgan fingerprint density at radius 2 is 2.00 bits per heavy atom. The number of aromatic nitrogens is 4. The van der Waals surface area contributed by atoms with E-state index >= 15 is 0 Å². The molecule has 0 aliphatic carbocycles. The number of H-pyrrole nitrogens is 1. The van der Waals surface area contributed by atoms with E-state index < -0.39 is 0 Å². The molecule has 0 unspecified atom stereocenters. The Bertz CT molecular complexity index is 839. The Morgan fingerprint density at radius 3 is 2.71 bits per heavy atom. The van der Waals surface area contributed by atoms with Gasteiger partial charge in [0.2, 0.25) is 5.88 Å². The minimum Gasteiger partial charge on any atom is -0.439 e. The summed E-state index contributed by atoms with van der Waals surface area (Å²) in [7, 11) is 0. The van der Waals surface area contributed by atoms with E-state index in [1.54, 1.807) is 18.5 Å². The van der Waals surface area contributed by atoms with Crippen LogP contribution in [0.3, 0.4) is 0 Å². The van der Waals surface area contributed by atoms with E-state index in [1.807, 2.05) is 25.1 Å². The van der Waals surface area contributed by atoms with Crippen LogP contribution in [0.2, 0.25) is 0 Å². The predicted octanol–water partition coefficient (Wildman–Crippen LogP) is 3.92. The highest BCUT2D eigenvalue weighted by Gasteiger charge is 2.12. The summed E-state index contributed by atoms with van der Waals surface area (Å²) < 4.78 is 5.96. The summed E-state index contributed by atoms with van der Waals surface area (Å²) in [6.07, 6.45) is 6.74. The van der Waals surface area contributed by atoms with Gasteiger partial charge in [0.1, 0.15) is 5.75 Å². The highest BCUT2D eigenvalue weighted by Crippen LogP contribution is 2.31. The van der Waals surface area contributed by atoms with Crippen molar-refractivity contribution in [2.75, 3.05) is 0 Å². The third-order valence-electron chi connectivity index (χ3n) is 3.53. The minimum absolute atomic E-state index is 0.564. The first kappa shape index (κ1) is 15.9. The largest absolute Gasteiger partial charge is 0.439 e. The fourth-order valence-corrected chi connectivity index (χ4v) is 2.33. The lowest BCUT2D eigenvalue weighted by molar-refractivity contribution is 0.463. The van der Waals surface area contributed by atoms with Crippen molar-refractivity contribution in [1.82, 2.24) is 20.2 Å². The molecule has 6 nitrogen and oxygen atoms in total. The van der Waals surface area contributed by atoms with Crippen molar-refractivity contribution in [3.05, 3.63) is 53.5 Å². The zero-order valence-corrected chi connectivity index (χ0v) is 13.7. The van der Waals surface area contributed by atoms with Crippen molar-refractivity contribution in [3.8, 4) is 23.0 Å². The van der Waals surface area contributed by atoms with Gasteiger partial charge in [0.25, 0.3) is 0 Å². The van der Waals surface area contributed by atoms with Crippen molar-refractivity contribution >= 4 is 6.21 Å². The first-order valence-corrected chi connectivity index (χ1v) is 7.85. The van der Waals surface area contributed by atoms with Gasteiger partial charge in [-0.1, -0.05) is 19.4 Å². The second-order valence-electron chi connectivity index (χ2n) is 5.56. The molecule has 0 atom stereocenters. The van der Waals surface area contributed by atoms with Crippen molar-refractivity contribution < 1.29 is 4.74 Å². The summed E-state index contributed by atoms with van der Waals surface area (Å²) in [4.78, 5) is 8.73. The molecule has 0 spiro atoms. The lowest BCUT2D eigenvalue weighted by atomic mass is 10.1. The molecule has 0 bridgehead atoms. The molecule has 0 saturated heterocycles. The highest BCUT2D eigenvalue weighted by molar-refractivity contribution is 5.80. The van der Waals surface area contributed by atoms with Crippen molar-refractivity contribution in [2.24, 2.45) is 0 Å². The molecule has 2 heterocycles. The number of nitrogens with zero attached hydrogens (tertiary/aromatic N) is 3. The van der Waals surface area contributed by atoms with Crippen molar-refractivity contribution in [2.45, 2.75) is 26.7 Å². The molecule has 24 heavy (non-hydrogen) atoms. The first-order valence-electron chi connectivity index (χ1n) is 7.85. The minimum atomic E-state index is 0.564. The van der Waals surface area contributed by atoms with Crippen LogP contribution in [0.15, 0.2) is 36.7 Å². The van der Waals surface area contributed by atoms with Gasteiger partial charge in [0.15, 0.2) is 5.82 Å². The molecule has 2 N–H and O–H groups in total. The number of benzene rings is 1. The third kappa shape index (κ3) is 3.48. The maximum absolute atomic E-state index is 7.45. The fraction of sp³-hybridized carbons (Fsp3) is 0.222. The van der Waals surface area contributed by atoms with Gasteiger partial charge in [0.05, 0.1) is 11.3 Å². The van der Waals surface area contributed by atoms with Gasteiger partial charge in [0, 0.05) is 24.7 Å². The van der Waals surface area contributed by atoms with Crippen LogP contribution in [0.5, 0.6) is 11.6 Å². The monoisotopic (exact) mass is 321 g/mol. The van der Waals surface area contributed by atoms with Gasteiger partial charge in [-0.2, -0.15) is 5.10 Å². The van der Waals surface area contributed by atoms with Crippen LogP contribution in [0, 0.1) is 12.3 Å². The smallest absolute Gasteiger partial charge is 0.215 e. The quantitative estimate of drug-likeness (QED) is 0.674. The van der Waals surface area contributed by atoms with Gasteiger partial charge in [-0.15, -0.1) is 0 Å².